The van der Waals surface area contributed by atoms with Crippen LogP contribution in [0.15, 0.2) is 28.7 Å². The minimum atomic E-state index is -0.501. The van der Waals surface area contributed by atoms with E-state index in [0.29, 0.717) is 0 Å². The van der Waals surface area contributed by atoms with E-state index in [0.717, 1.165) is 22.9 Å². The molecule has 1 nitrogen and oxygen atoms in total. The maximum atomic E-state index is 9.39. The number of benzene rings is 1. The molecule has 0 heterocycles. The van der Waals surface area contributed by atoms with Gasteiger partial charge in [-0.25, -0.2) is 0 Å². The van der Waals surface area contributed by atoms with Gasteiger partial charge in [-0.1, -0.05) is 47.2 Å². The predicted octanol–water partition coefficient (Wildman–Crippen LogP) is 2.96. The fourth-order valence-electron chi connectivity index (χ4n) is 1.08. The highest BCUT2D eigenvalue weighted by molar-refractivity contribution is 9.10. The number of aliphatic hydroxyl groups is 1. The fraction of sp³-hybridized carbons (Fsp3) is 0.333. The maximum absolute atomic E-state index is 9.39. The summed E-state index contributed by atoms with van der Waals surface area (Å²) in [5, 5.41) is 9.39. The monoisotopic (exact) mass is 252 g/mol. The van der Waals surface area contributed by atoms with Crippen molar-refractivity contribution in [1.29, 1.82) is 0 Å². The van der Waals surface area contributed by atoms with Crippen molar-refractivity contribution in [2.75, 3.05) is 0 Å². The lowest BCUT2D eigenvalue weighted by atomic mass is 10.2. The summed E-state index contributed by atoms with van der Waals surface area (Å²) in [4.78, 5) is 0. The molecule has 1 atom stereocenters. The summed E-state index contributed by atoms with van der Waals surface area (Å²) < 4.78 is 1.01. The van der Waals surface area contributed by atoms with Crippen molar-refractivity contribution in [3.63, 3.8) is 0 Å². The lowest BCUT2D eigenvalue weighted by Crippen LogP contribution is -2.00. The van der Waals surface area contributed by atoms with E-state index >= 15 is 0 Å². The third-order valence-electron chi connectivity index (χ3n) is 1.77. The first kappa shape index (κ1) is 11.3. The zero-order valence-corrected chi connectivity index (χ0v) is 9.71. The van der Waals surface area contributed by atoms with Gasteiger partial charge < -0.3 is 5.11 Å². The molecule has 1 unspecified atom stereocenters. The van der Waals surface area contributed by atoms with E-state index in [2.05, 4.69) is 27.8 Å². The Balaban J connectivity index is 2.67. The van der Waals surface area contributed by atoms with Gasteiger partial charge in [-0.05, 0) is 24.6 Å². The van der Waals surface area contributed by atoms with Crippen molar-refractivity contribution in [2.45, 2.75) is 25.9 Å². The van der Waals surface area contributed by atoms with Gasteiger partial charge >= 0.3 is 0 Å². The molecule has 1 rings (SSSR count). The van der Waals surface area contributed by atoms with Crippen LogP contribution in [0, 0.1) is 11.8 Å². The summed E-state index contributed by atoms with van der Waals surface area (Å²) in [5.74, 6) is 5.75. The van der Waals surface area contributed by atoms with Crippen LogP contribution in [0.1, 0.15) is 25.3 Å². The molecule has 0 fully saturated rings. The Kier molecular flexibility index (Phi) is 4.72. The molecule has 0 radical (unpaired) electrons. The van der Waals surface area contributed by atoms with E-state index in [9.17, 15) is 5.11 Å². The Morgan fingerprint density at radius 1 is 1.50 bits per heavy atom. The van der Waals surface area contributed by atoms with Crippen LogP contribution >= 0.6 is 15.9 Å². The van der Waals surface area contributed by atoms with Gasteiger partial charge in [-0.3, -0.25) is 0 Å². The lowest BCUT2D eigenvalue weighted by molar-refractivity contribution is 0.221. The smallest absolute Gasteiger partial charge is 0.115 e. The second kappa shape index (κ2) is 5.85. The second-order valence-electron chi connectivity index (χ2n) is 3.08. The van der Waals surface area contributed by atoms with Crippen molar-refractivity contribution < 1.29 is 5.11 Å². The van der Waals surface area contributed by atoms with Gasteiger partial charge in [-0.2, -0.15) is 0 Å². The zero-order valence-electron chi connectivity index (χ0n) is 8.13. The predicted molar refractivity (Wildman–Crippen MR) is 61.9 cm³/mol. The van der Waals surface area contributed by atoms with Crippen LogP contribution in [0.25, 0.3) is 0 Å². The van der Waals surface area contributed by atoms with Crippen molar-refractivity contribution in [3.05, 3.63) is 34.3 Å². The van der Waals surface area contributed by atoms with Crippen LogP contribution in [-0.4, -0.2) is 11.2 Å². The first-order valence-corrected chi connectivity index (χ1v) is 5.47. The van der Waals surface area contributed by atoms with Crippen LogP contribution in [0.2, 0.25) is 0 Å². The van der Waals surface area contributed by atoms with Gasteiger partial charge in [-0.15, -0.1) is 0 Å². The van der Waals surface area contributed by atoms with E-state index in [1.165, 1.54) is 0 Å². The van der Waals surface area contributed by atoms with Crippen molar-refractivity contribution in [3.8, 4) is 11.8 Å². The van der Waals surface area contributed by atoms with E-state index < -0.39 is 6.10 Å². The molecule has 0 saturated heterocycles. The molecule has 1 N–H and O–H groups in total. The first-order chi connectivity index (χ1) is 6.72. The van der Waals surface area contributed by atoms with Crippen LogP contribution in [0.4, 0.5) is 0 Å². The Hall–Kier alpha value is -0.780. The maximum Gasteiger partial charge on any atom is 0.115 e. The van der Waals surface area contributed by atoms with Gasteiger partial charge in [0.15, 0.2) is 0 Å². The molecule has 0 aliphatic rings. The van der Waals surface area contributed by atoms with Crippen LogP contribution in [0.3, 0.4) is 0 Å². The highest BCUT2D eigenvalue weighted by Gasteiger charge is 1.95. The summed E-state index contributed by atoms with van der Waals surface area (Å²) in [6.45, 7) is 2.03. The molecular formula is C12H13BrO. The summed E-state index contributed by atoms with van der Waals surface area (Å²) in [6.07, 6.45) is 1.19. The summed E-state index contributed by atoms with van der Waals surface area (Å²) >= 11 is 3.37. The summed E-state index contributed by atoms with van der Waals surface area (Å²) in [7, 11) is 0. The topological polar surface area (TPSA) is 20.2 Å². The van der Waals surface area contributed by atoms with Gasteiger partial charge in [0.2, 0.25) is 0 Å². The SMILES string of the molecule is CCCC(O)C#Cc1cccc(Br)c1. The summed E-state index contributed by atoms with van der Waals surface area (Å²) in [6, 6.07) is 7.75. The molecular weight excluding hydrogens is 240 g/mol. The molecule has 0 bridgehead atoms. The molecule has 2 heteroatoms. The molecule has 0 aromatic heterocycles. The number of hydrogen-bond acceptors (Lipinski definition) is 1. The quantitative estimate of drug-likeness (QED) is 0.803. The van der Waals surface area contributed by atoms with E-state index in [-0.39, 0.29) is 0 Å². The number of aliphatic hydroxyl groups excluding tert-OH is 1. The normalized spacial score (nSPS) is 11.6. The Bertz CT molecular complexity index is 349. The van der Waals surface area contributed by atoms with Crippen molar-refractivity contribution in [2.24, 2.45) is 0 Å². The molecule has 0 spiro atoms. The highest BCUT2D eigenvalue weighted by Crippen LogP contribution is 2.10. The van der Waals surface area contributed by atoms with Gasteiger partial charge in [0, 0.05) is 10.0 Å². The number of hydrogen-bond donors (Lipinski definition) is 1. The molecule has 0 aliphatic carbocycles. The average molecular weight is 253 g/mol. The van der Waals surface area contributed by atoms with Gasteiger partial charge in [0.25, 0.3) is 0 Å². The third kappa shape index (κ3) is 3.95. The molecule has 74 valence electrons. The molecule has 1 aromatic carbocycles. The lowest BCUT2D eigenvalue weighted by Gasteiger charge is -1.97. The minimum Gasteiger partial charge on any atom is -0.380 e. The van der Waals surface area contributed by atoms with Crippen LogP contribution < -0.4 is 0 Å². The van der Waals surface area contributed by atoms with E-state index in [4.69, 9.17) is 0 Å². The number of rotatable bonds is 2. The van der Waals surface area contributed by atoms with E-state index in [1.807, 2.05) is 31.2 Å². The molecule has 0 saturated carbocycles. The van der Waals surface area contributed by atoms with Gasteiger partial charge in [0.05, 0.1) is 0 Å². The largest absolute Gasteiger partial charge is 0.380 e. The van der Waals surface area contributed by atoms with Crippen LogP contribution in [-0.2, 0) is 0 Å². The standard InChI is InChI=1S/C12H13BrO/c1-2-4-12(14)8-7-10-5-3-6-11(13)9-10/h3,5-6,9,12,14H,2,4H2,1H3. The molecule has 0 amide bonds. The minimum absolute atomic E-state index is 0.501. The van der Waals surface area contributed by atoms with Crippen molar-refractivity contribution >= 4 is 15.9 Å². The average Bonchev–Trinajstić information content (AvgIpc) is 2.15. The second-order valence-corrected chi connectivity index (χ2v) is 4.00. The van der Waals surface area contributed by atoms with Crippen molar-refractivity contribution in [1.82, 2.24) is 0 Å². The van der Waals surface area contributed by atoms with E-state index in [1.54, 1.807) is 0 Å². The zero-order chi connectivity index (χ0) is 10.4. The Morgan fingerprint density at radius 2 is 2.29 bits per heavy atom. The first-order valence-electron chi connectivity index (χ1n) is 4.67. The Morgan fingerprint density at radius 3 is 2.93 bits per heavy atom. The third-order valence-corrected chi connectivity index (χ3v) is 2.26. The van der Waals surface area contributed by atoms with Crippen LogP contribution in [0.5, 0.6) is 0 Å². The fourth-order valence-corrected chi connectivity index (χ4v) is 1.48. The molecule has 1 aromatic rings. The molecule has 0 aliphatic heterocycles. The van der Waals surface area contributed by atoms with Gasteiger partial charge in [0.1, 0.15) is 6.10 Å². The summed E-state index contributed by atoms with van der Waals surface area (Å²) in [5.41, 5.74) is 0.925. The Labute approximate surface area is 93.3 Å². The molecule has 14 heavy (non-hydrogen) atoms. The highest BCUT2D eigenvalue weighted by atomic mass is 79.9. The number of halogens is 1.